The Morgan fingerprint density at radius 3 is 2.21 bits per heavy atom. The zero-order valence-electron chi connectivity index (χ0n) is 20.6. The Morgan fingerprint density at radius 2 is 1.58 bits per heavy atom. The van der Waals surface area contributed by atoms with Gasteiger partial charge in [0.2, 0.25) is 5.91 Å². The second kappa shape index (κ2) is 10.6. The minimum Gasteiger partial charge on any atom is -0.354 e. The summed E-state index contributed by atoms with van der Waals surface area (Å²) in [6.45, 7) is 16.3. The first-order chi connectivity index (χ1) is 15.9. The molecule has 178 valence electrons. The number of benzene rings is 1. The molecule has 7 nitrogen and oxygen atoms in total. The van der Waals surface area contributed by atoms with E-state index in [0.29, 0.717) is 5.92 Å². The van der Waals surface area contributed by atoms with Crippen molar-refractivity contribution in [2.75, 3.05) is 57.3 Å². The highest BCUT2D eigenvalue weighted by molar-refractivity contribution is 5.81. The van der Waals surface area contributed by atoms with E-state index in [1.165, 1.54) is 5.56 Å². The molecule has 0 N–H and O–H groups in total. The smallest absolute Gasteiger partial charge is 0.239 e. The fraction of sp³-hybridized carbons (Fsp3) is 0.577. The Balaban J connectivity index is 1.27. The summed E-state index contributed by atoms with van der Waals surface area (Å²) in [4.78, 5) is 31.7. The van der Waals surface area contributed by atoms with E-state index in [1.807, 2.05) is 6.92 Å². The SMILES string of the molecule is Cc1cc(N2CCN(C(C)C(=O)N3CCN(Cc4ccccc4)CC3)CC2)nc(C(C)C)n1. The summed E-state index contributed by atoms with van der Waals surface area (Å²) in [6.07, 6.45) is 0. The molecule has 7 heteroatoms. The minimum atomic E-state index is -0.0776. The fourth-order valence-electron chi connectivity index (χ4n) is 4.72. The number of hydrogen-bond donors (Lipinski definition) is 0. The second-order valence-electron chi connectivity index (χ2n) is 9.67. The largest absolute Gasteiger partial charge is 0.354 e. The maximum Gasteiger partial charge on any atom is 0.239 e. The third-order valence-corrected chi connectivity index (χ3v) is 6.85. The van der Waals surface area contributed by atoms with Crippen molar-refractivity contribution in [1.29, 1.82) is 0 Å². The van der Waals surface area contributed by atoms with Crippen molar-refractivity contribution < 1.29 is 4.79 Å². The van der Waals surface area contributed by atoms with Gasteiger partial charge in [-0.3, -0.25) is 14.6 Å². The Bertz CT molecular complexity index is 918. The predicted octanol–water partition coefficient (Wildman–Crippen LogP) is 2.76. The van der Waals surface area contributed by atoms with Crippen LogP contribution in [-0.2, 0) is 11.3 Å². The van der Waals surface area contributed by atoms with E-state index in [-0.39, 0.29) is 11.9 Å². The van der Waals surface area contributed by atoms with Gasteiger partial charge in [-0.15, -0.1) is 0 Å². The zero-order valence-corrected chi connectivity index (χ0v) is 20.6. The van der Waals surface area contributed by atoms with Crippen molar-refractivity contribution in [3.05, 3.63) is 53.5 Å². The minimum absolute atomic E-state index is 0.0776. The maximum atomic E-state index is 13.2. The lowest BCUT2D eigenvalue weighted by Crippen LogP contribution is -2.57. The second-order valence-corrected chi connectivity index (χ2v) is 9.67. The highest BCUT2D eigenvalue weighted by Gasteiger charge is 2.31. The van der Waals surface area contributed by atoms with Gasteiger partial charge < -0.3 is 9.80 Å². The van der Waals surface area contributed by atoms with Gasteiger partial charge in [0.15, 0.2) is 0 Å². The van der Waals surface area contributed by atoms with Gasteiger partial charge in [0.25, 0.3) is 0 Å². The van der Waals surface area contributed by atoms with Gasteiger partial charge in [-0.25, -0.2) is 9.97 Å². The predicted molar refractivity (Wildman–Crippen MR) is 132 cm³/mol. The Hall–Kier alpha value is -2.51. The zero-order chi connectivity index (χ0) is 23.4. The molecule has 0 spiro atoms. The van der Waals surface area contributed by atoms with Crippen molar-refractivity contribution in [2.24, 2.45) is 0 Å². The molecule has 1 amide bonds. The highest BCUT2D eigenvalue weighted by atomic mass is 16.2. The van der Waals surface area contributed by atoms with E-state index in [2.05, 4.69) is 81.8 Å². The van der Waals surface area contributed by atoms with Crippen LogP contribution in [-0.4, -0.2) is 89.0 Å². The van der Waals surface area contributed by atoms with Crippen LogP contribution in [0.2, 0.25) is 0 Å². The van der Waals surface area contributed by atoms with Crippen molar-refractivity contribution in [2.45, 2.75) is 46.2 Å². The molecule has 33 heavy (non-hydrogen) atoms. The third kappa shape index (κ3) is 5.89. The number of piperazine rings is 2. The van der Waals surface area contributed by atoms with Crippen LogP contribution in [0.25, 0.3) is 0 Å². The molecule has 3 heterocycles. The first-order valence-corrected chi connectivity index (χ1v) is 12.3. The summed E-state index contributed by atoms with van der Waals surface area (Å²) in [6, 6.07) is 12.6. The van der Waals surface area contributed by atoms with Crippen LogP contribution in [0.3, 0.4) is 0 Å². The molecule has 0 bridgehead atoms. The number of aryl methyl sites for hydroxylation is 1. The molecule has 0 saturated carbocycles. The summed E-state index contributed by atoms with van der Waals surface area (Å²) >= 11 is 0. The van der Waals surface area contributed by atoms with Gasteiger partial charge in [0, 0.05) is 76.6 Å². The number of carbonyl (C=O) groups excluding carboxylic acids is 1. The van der Waals surface area contributed by atoms with Crippen LogP contribution >= 0.6 is 0 Å². The summed E-state index contributed by atoms with van der Waals surface area (Å²) in [5.41, 5.74) is 2.35. The lowest BCUT2D eigenvalue weighted by Gasteiger charge is -2.41. The van der Waals surface area contributed by atoms with Gasteiger partial charge in [-0.05, 0) is 19.4 Å². The van der Waals surface area contributed by atoms with E-state index in [1.54, 1.807) is 0 Å². The van der Waals surface area contributed by atoms with E-state index >= 15 is 0 Å². The topological polar surface area (TPSA) is 55.8 Å². The molecule has 2 aromatic rings. The molecule has 2 aliphatic rings. The van der Waals surface area contributed by atoms with Crippen molar-refractivity contribution >= 4 is 11.7 Å². The molecular weight excluding hydrogens is 412 g/mol. The lowest BCUT2D eigenvalue weighted by molar-refractivity contribution is -0.138. The van der Waals surface area contributed by atoms with Gasteiger partial charge in [0.05, 0.1) is 6.04 Å². The maximum absolute atomic E-state index is 13.2. The summed E-state index contributed by atoms with van der Waals surface area (Å²) in [5, 5.41) is 0. The van der Waals surface area contributed by atoms with Crippen molar-refractivity contribution in [3.63, 3.8) is 0 Å². The summed E-state index contributed by atoms with van der Waals surface area (Å²) in [5.74, 6) is 2.50. The summed E-state index contributed by atoms with van der Waals surface area (Å²) in [7, 11) is 0. The molecule has 0 radical (unpaired) electrons. The fourth-order valence-corrected chi connectivity index (χ4v) is 4.72. The Labute approximate surface area is 198 Å². The average molecular weight is 451 g/mol. The van der Waals surface area contributed by atoms with E-state index in [4.69, 9.17) is 4.98 Å². The number of carbonyl (C=O) groups is 1. The molecule has 2 aliphatic heterocycles. The number of anilines is 1. The first-order valence-electron chi connectivity index (χ1n) is 12.3. The number of hydrogen-bond acceptors (Lipinski definition) is 6. The van der Waals surface area contributed by atoms with Gasteiger partial charge in [0.1, 0.15) is 11.6 Å². The number of amides is 1. The van der Waals surface area contributed by atoms with Crippen LogP contribution in [0.5, 0.6) is 0 Å². The molecule has 1 unspecified atom stereocenters. The van der Waals surface area contributed by atoms with Gasteiger partial charge >= 0.3 is 0 Å². The van der Waals surface area contributed by atoms with Crippen LogP contribution in [0.15, 0.2) is 36.4 Å². The van der Waals surface area contributed by atoms with E-state index in [0.717, 1.165) is 76.2 Å². The Morgan fingerprint density at radius 1 is 0.909 bits per heavy atom. The molecule has 1 atom stereocenters. The monoisotopic (exact) mass is 450 g/mol. The standard InChI is InChI=1S/C26H38N6O/c1-20(2)25-27-21(3)18-24(28-25)31-16-14-30(15-17-31)22(4)26(33)32-12-10-29(11-13-32)19-23-8-6-5-7-9-23/h5-9,18,20,22H,10-17,19H2,1-4H3. The van der Waals surface area contributed by atoms with Crippen LogP contribution in [0, 0.1) is 6.92 Å². The normalized spacial score (nSPS) is 19.2. The molecule has 1 aromatic heterocycles. The van der Waals surface area contributed by atoms with Crippen LogP contribution in [0.4, 0.5) is 5.82 Å². The van der Waals surface area contributed by atoms with Gasteiger partial charge in [-0.1, -0.05) is 44.2 Å². The van der Waals surface area contributed by atoms with Crippen LogP contribution in [0.1, 0.15) is 43.8 Å². The van der Waals surface area contributed by atoms with Crippen molar-refractivity contribution in [1.82, 2.24) is 24.7 Å². The first kappa shape index (κ1) is 23.6. The van der Waals surface area contributed by atoms with Crippen LogP contribution < -0.4 is 4.90 Å². The number of rotatable bonds is 6. The van der Waals surface area contributed by atoms with E-state index < -0.39 is 0 Å². The quantitative estimate of drug-likeness (QED) is 0.675. The molecule has 2 fully saturated rings. The molecule has 2 saturated heterocycles. The Kier molecular flexibility index (Phi) is 7.60. The third-order valence-electron chi connectivity index (χ3n) is 6.85. The average Bonchev–Trinajstić information content (AvgIpc) is 2.84. The molecule has 4 rings (SSSR count). The summed E-state index contributed by atoms with van der Waals surface area (Å²) < 4.78 is 0. The van der Waals surface area contributed by atoms with Crippen molar-refractivity contribution in [3.8, 4) is 0 Å². The van der Waals surface area contributed by atoms with Gasteiger partial charge in [-0.2, -0.15) is 0 Å². The molecule has 0 aliphatic carbocycles. The number of nitrogens with zero attached hydrogens (tertiary/aromatic N) is 6. The lowest BCUT2D eigenvalue weighted by atomic mass is 10.1. The number of aromatic nitrogens is 2. The van der Waals surface area contributed by atoms with E-state index in [9.17, 15) is 4.79 Å². The highest BCUT2D eigenvalue weighted by Crippen LogP contribution is 2.20. The molecular formula is C26H38N6O. The molecule has 1 aromatic carbocycles.